The fourth-order valence-corrected chi connectivity index (χ4v) is 2.22. The van der Waals surface area contributed by atoms with Crippen molar-refractivity contribution in [1.82, 2.24) is 4.90 Å². The summed E-state index contributed by atoms with van der Waals surface area (Å²) >= 11 is 0. The molecule has 1 aliphatic heterocycles. The molecule has 1 aliphatic rings. The molecular formula is C14H18N2O. The van der Waals surface area contributed by atoms with Crippen molar-refractivity contribution in [2.45, 2.75) is 25.8 Å². The van der Waals surface area contributed by atoms with Crippen LogP contribution in [0.5, 0.6) is 5.75 Å². The zero-order chi connectivity index (χ0) is 11.9. The molecule has 1 aromatic rings. The third kappa shape index (κ3) is 3.76. The first-order valence-electron chi connectivity index (χ1n) is 6.19. The Kier molecular flexibility index (Phi) is 4.40. The molecule has 0 saturated carbocycles. The zero-order valence-corrected chi connectivity index (χ0v) is 10.1. The largest absolute Gasteiger partial charge is 0.479 e. The molecule has 90 valence electrons. The maximum Gasteiger partial charge on any atom is 0.174 e. The summed E-state index contributed by atoms with van der Waals surface area (Å²) in [5, 5.41) is 8.47. The Morgan fingerprint density at radius 1 is 1.24 bits per heavy atom. The number of likely N-dealkylation sites (tertiary alicyclic amines) is 1. The first-order valence-corrected chi connectivity index (χ1v) is 6.19. The molecule has 1 heterocycles. The number of benzene rings is 1. The third-order valence-electron chi connectivity index (χ3n) is 3.06. The van der Waals surface area contributed by atoms with Gasteiger partial charge in [0, 0.05) is 6.54 Å². The number of piperidine rings is 1. The van der Waals surface area contributed by atoms with Crippen LogP contribution in [0, 0.1) is 11.3 Å². The highest BCUT2D eigenvalue weighted by molar-refractivity contribution is 5.28. The highest BCUT2D eigenvalue weighted by atomic mass is 16.5. The Morgan fingerprint density at radius 2 is 2.06 bits per heavy atom. The van der Waals surface area contributed by atoms with E-state index in [0.29, 0.717) is 0 Å². The number of hydrogen-bond acceptors (Lipinski definition) is 3. The fourth-order valence-electron chi connectivity index (χ4n) is 2.22. The van der Waals surface area contributed by atoms with E-state index in [1.807, 2.05) is 24.3 Å². The van der Waals surface area contributed by atoms with E-state index in [-0.39, 0.29) is 6.61 Å². The molecule has 0 unspecified atom stereocenters. The predicted molar refractivity (Wildman–Crippen MR) is 66.7 cm³/mol. The predicted octanol–water partition coefficient (Wildman–Crippen LogP) is 2.57. The minimum Gasteiger partial charge on any atom is -0.479 e. The fraction of sp³-hybridized carbons (Fsp3) is 0.500. The summed E-state index contributed by atoms with van der Waals surface area (Å²) in [4.78, 5) is 2.48. The van der Waals surface area contributed by atoms with Gasteiger partial charge >= 0.3 is 0 Å². The lowest BCUT2D eigenvalue weighted by Crippen LogP contribution is -2.29. The van der Waals surface area contributed by atoms with Crippen LogP contribution in [0.2, 0.25) is 0 Å². The average molecular weight is 230 g/mol. The van der Waals surface area contributed by atoms with Crippen molar-refractivity contribution in [2.75, 3.05) is 19.7 Å². The van der Waals surface area contributed by atoms with E-state index in [0.717, 1.165) is 12.3 Å². The van der Waals surface area contributed by atoms with Crippen LogP contribution in [-0.4, -0.2) is 24.6 Å². The van der Waals surface area contributed by atoms with Gasteiger partial charge in [0.25, 0.3) is 0 Å². The van der Waals surface area contributed by atoms with E-state index in [4.69, 9.17) is 10.00 Å². The van der Waals surface area contributed by atoms with Gasteiger partial charge in [0.2, 0.25) is 0 Å². The lowest BCUT2D eigenvalue weighted by molar-refractivity contribution is 0.220. The maximum absolute atomic E-state index is 8.47. The second kappa shape index (κ2) is 6.27. The molecule has 0 N–H and O–H groups in total. The Hall–Kier alpha value is -1.53. The van der Waals surface area contributed by atoms with Gasteiger partial charge in [0.1, 0.15) is 11.8 Å². The quantitative estimate of drug-likeness (QED) is 0.797. The Morgan fingerprint density at radius 3 is 2.82 bits per heavy atom. The number of nitrogens with zero attached hydrogens (tertiary/aromatic N) is 2. The standard InChI is InChI=1S/C14H18N2O/c15-7-10-17-14-6-4-5-13(11-14)12-16-8-2-1-3-9-16/h4-6,11H,1-3,8-10,12H2. The molecule has 1 fully saturated rings. The first-order chi connectivity index (χ1) is 8.38. The number of rotatable bonds is 4. The molecule has 17 heavy (non-hydrogen) atoms. The smallest absolute Gasteiger partial charge is 0.174 e. The van der Waals surface area contributed by atoms with Crippen molar-refractivity contribution in [2.24, 2.45) is 0 Å². The van der Waals surface area contributed by atoms with E-state index < -0.39 is 0 Å². The lowest BCUT2D eigenvalue weighted by Gasteiger charge is -2.26. The van der Waals surface area contributed by atoms with Gasteiger partial charge in [-0.25, -0.2) is 0 Å². The van der Waals surface area contributed by atoms with Crippen molar-refractivity contribution >= 4 is 0 Å². The second-order valence-corrected chi connectivity index (χ2v) is 4.43. The first kappa shape index (κ1) is 11.9. The number of nitriles is 1. The summed E-state index contributed by atoms with van der Waals surface area (Å²) in [7, 11) is 0. The van der Waals surface area contributed by atoms with E-state index in [1.165, 1.54) is 37.9 Å². The summed E-state index contributed by atoms with van der Waals surface area (Å²) in [5.41, 5.74) is 1.27. The van der Waals surface area contributed by atoms with E-state index in [9.17, 15) is 0 Å². The van der Waals surface area contributed by atoms with Gasteiger partial charge in [0.15, 0.2) is 6.61 Å². The number of ether oxygens (including phenoxy) is 1. The van der Waals surface area contributed by atoms with E-state index in [2.05, 4.69) is 11.0 Å². The summed E-state index contributed by atoms with van der Waals surface area (Å²) in [6, 6.07) is 10.0. The summed E-state index contributed by atoms with van der Waals surface area (Å²) in [5.74, 6) is 0.793. The molecular weight excluding hydrogens is 212 g/mol. The SMILES string of the molecule is N#CCOc1cccc(CN2CCCCC2)c1. The maximum atomic E-state index is 8.47. The minimum absolute atomic E-state index is 0.118. The average Bonchev–Trinajstić information content (AvgIpc) is 2.38. The monoisotopic (exact) mass is 230 g/mol. The Labute approximate surface area is 103 Å². The molecule has 0 aromatic heterocycles. The molecule has 1 aromatic carbocycles. The molecule has 0 bridgehead atoms. The molecule has 0 atom stereocenters. The van der Waals surface area contributed by atoms with Crippen LogP contribution in [0.4, 0.5) is 0 Å². The van der Waals surface area contributed by atoms with Gasteiger partial charge < -0.3 is 4.74 Å². The van der Waals surface area contributed by atoms with E-state index in [1.54, 1.807) is 0 Å². The van der Waals surface area contributed by atoms with Gasteiger partial charge in [-0.15, -0.1) is 0 Å². The van der Waals surface area contributed by atoms with Gasteiger partial charge in [0.05, 0.1) is 0 Å². The lowest BCUT2D eigenvalue weighted by atomic mass is 10.1. The third-order valence-corrected chi connectivity index (χ3v) is 3.06. The highest BCUT2D eigenvalue weighted by Crippen LogP contribution is 2.17. The second-order valence-electron chi connectivity index (χ2n) is 4.43. The van der Waals surface area contributed by atoms with Crippen molar-refractivity contribution in [3.05, 3.63) is 29.8 Å². The van der Waals surface area contributed by atoms with Crippen molar-refractivity contribution in [3.8, 4) is 11.8 Å². The Balaban J connectivity index is 1.93. The molecule has 3 nitrogen and oxygen atoms in total. The van der Waals surface area contributed by atoms with Crippen LogP contribution < -0.4 is 4.74 Å². The molecule has 2 rings (SSSR count). The summed E-state index contributed by atoms with van der Waals surface area (Å²) in [6.07, 6.45) is 3.98. The summed E-state index contributed by atoms with van der Waals surface area (Å²) in [6.45, 7) is 3.50. The van der Waals surface area contributed by atoms with Crippen LogP contribution in [0.25, 0.3) is 0 Å². The van der Waals surface area contributed by atoms with Crippen molar-refractivity contribution in [1.29, 1.82) is 5.26 Å². The summed E-state index contributed by atoms with van der Waals surface area (Å²) < 4.78 is 5.31. The van der Waals surface area contributed by atoms with Crippen molar-refractivity contribution < 1.29 is 4.74 Å². The minimum atomic E-state index is 0.118. The van der Waals surface area contributed by atoms with Gasteiger partial charge in [-0.3, -0.25) is 4.90 Å². The molecule has 3 heteroatoms. The molecule has 0 radical (unpaired) electrons. The number of hydrogen-bond donors (Lipinski definition) is 0. The van der Waals surface area contributed by atoms with Gasteiger partial charge in [-0.1, -0.05) is 18.6 Å². The molecule has 0 amide bonds. The van der Waals surface area contributed by atoms with Crippen LogP contribution >= 0.6 is 0 Å². The van der Waals surface area contributed by atoms with E-state index >= 15 is 0 Å². The zero-order valence-electron chi connectivity index (χ0n) is 10.1. The van der Waals surface area contributed by atoms with Gasteiger partial charge in [-0.2, -0.15) is 5.26 Å². The van der Waals surface area contributed by atoms with Crippen LogP contribution in [-0.2, 0) is 6.54 Å². The molecule has 0 spiro atoms. The normalized spacial score (nSPS) is 16.4. The topological polar surface area (TPSA) is 36.3 Å². The van der Waals surface area contributed by atoms with Crippen LogP contribution in [0.15, 0.2) is 24.3 Å². The van der Waals surface area contributed by atoms with Crippen LogP contribution in [0.3, 0.4) is 0 Å². The highest BCUT2D eigenvalue weighted by Gasteiger charge is 2.10. The molecule has 1 saturated heterocycles. The van der Waals surface area contributed by atoms with Gasteiger partial charge in [-0.05, 0) is 43.6 Å². The van der Waals surface area contributed by atoms with Crippen molar-refractivity contribution in [3.63, 3.8) is 0 Å². The Bertz CT molecular complexity index is 391. The van der Waals surface area contributed by atoms with Crippen LogP contribution in [0.1, 0.15) is 24.8 Å². The molecule has 0 aliphatic carbocycles.